The largest absolute Gasteiger partial charge is 0.486 e. The van der Waals surface area contributed by atoms with Gasteiger partial charge in [0.2, 0.25) is 0 Å². The molecule has 2 aromatic carbocycles. The van der Waals surface area contributed by atoms with Gasteiger partial charge in [-0.15, -0.1) is 0 Å². The maximum atomic E-state index is 13.1. The normalized spacial score (nSPS) is 14.0. The number of rotatable bonds is 3. The number of carbonyl (C=O) groups is 1. The van der Waals surface area contributed by atoms with Gasteiger partial charge in [-0.1, -0.05) is 18.3 Å². The first-order valence-electron chi connectivity index (χ1n) is 8.43. The van der Waals surface area contributed by atoms with Gasteiger partial charge in [-0.2, -0.15) is 4.99 Å². The molecular weight excluding hydrogens is 355 g/mol. The molecule has 1 aliphatic heterocycles. The molecule has 134 valence electrons. The van der Waals surface area contributed by atoms with Crippen molar-refractivity contribution in [1.82, 2.24) is 4.57 Å². The van der Waals surface area contributed by atoms with Crippen molar-refractivity contribution in [2.45, 2.75) is 19.9 Å². The highest BCUT2D eigenvalue weighted by molar-refractivity contribution is 7.16. The Morgan fingerprint density at radius 3 is 2.58 bits per heavy atom. The van der Waals surface area contributed by atoms with E-state index >= 15 is 0 Å². The van der Waals surface area contributed by atoms with Gasteiger partial charge in [0.1, 0.15) is 19.0 Å². The summed E-state index contributed by atoms with van der Waals surface area (Å²) in [6.07, 6.45) is 0.901. The number of ether oxygens (including phenoxy) is 2. The smallest absolute Gasteiger partial charge is 0.279 e. The van der Waals surface area contributed by atoms with Gasteiger partial charge in [0.25, 0.3) is 5.91 Å². The molecule has 7 heteroatoms. The van der Waals surface area contributed by atoms with Gasteiger partial charge in [0.15, 0.2) is 16.3 Å². The lowest BCUT2D eigenvalue weighted by Crippen LogP contribution is -2.17. The monoisotopic (exact) mass is 372 g/mol. The van der Waals surface area contributed by atoms with E-state index < -0.39 is 5.91 Å². The van der Waals surface area contributed by atoms with Crippen molar-refractivity contribution in [1.29, 1.82) is 0 Å². The summed E-state index contributed by atoms with van der Waals surface area (Å²) in [6.45, 7) is 3.85. The molecule has 0 fully saturated rings. The molecule has 0 saturated carbocycles. The fourth-order valence-corrected chi connectivity index (χ4v) is 3.94. The highest BCUT2D eigenvalue weighted by Gasteiger charge is 2.16. The van der Waals surface area contributed by atoms with Gasteiger partial charge in [-0.3, -0.25) is 4.79 Å². The highest BCUT2D eigenvalue weighted by Crippen LogP contribution is 2.35. The molecule has 0 aliphatic carbocycles. The quantitative estimate of drug-likeness (QED) is 0.703. The highest BCUT2D eigenvalue weighted by atomic mass is 32.1. The number of aryl methyl sites for hydroxylation is 1. The number of hydrogen-bond donors (Lipinski definition) is 0. The van der Waals surface area contributed by atoms with Crippen LogP contribution < -0.4 is 14.3 Å². The first kappa shape index (κ1) is 16.8. The molecule has 3 aromatic rings. The molecule has 0 unspecified atom stereocenters. The van der Waals surface area contributed by atoms with Crippen LogP contribution in [0.5, 0.6) is 11.5 Å². The summed E-state index contributed by atoms with van der Waals surface area (Å²) in [6, 6.07) is 9.28. The average molecular weight is 372 g/mol. The molecule has 0 spiro atoms. The zero-order chi connectivity index (χ0) is 18.1. The minimum Gasteiger partial charge on any atom is -0.486 e. The third-order valence-corrected chi connectivity index (χ3v) is 5.12. The van der Waals surface area contributed by atoms with Gasteiger partial charge >= 0.3 is 0 Å². The fraction of sp³-hybridized carbons (Fsp3) is 0.263. The van der Waals surface area contributed by atoms with E-state index in [0.29, 0.717) is 35.1 Å². The second-order valence-corrected chi connectivity index (χ2v) is 6.93. The van der Waals surface area contributed by atoms with Gasteiger partial charge in [0.05, 0.1) is 10.2 Å². The van der Waals surface area contributed by atoms with E-state index in [1.807, 2.05) is 16.7 Å². The van der Waals surface area contributed by atoms with Crippen molar-refractivity contribution in [2.24, 2.45) is 4.99 Å². The van der Waals surface area contributed by atoms with Gasteiger partial charge in [0, 0.05) is 24.2 Å². The van der Waals surface area contributed by atoms with E-state index in [2.05, 4.69) is 11.9 Å². The molecule has 4 rings (SSSR count). The van der Waals surface area contributed by atoms with Gasteiger partial charge in [-0.05, 0) is 30.7 Å². The summed E-state index contributed by atoms with van der Waals surface area (Å²) in [4.78, 5) is 17.4. The Morgan fingerprint density at radius 2 is 1.88 bits per heavy atom. The van der Waals surface area contributed by atoms with Crippen LogP contribution in [0.1, 0.15) is 23.7 Å². The van der Waals surface area contributed by atoms with E-state index in [-0.39, 0.29) is 5.82 Å². The average Bonchev–Trinajstić information content (AvgIpc) is 2.97. The summed E-state index contributed by atoms with van der Waals surface area (Å²) in [7, 11) is 0. The number of nitrogens with zero attached hydrogens (tertiary/aromatic N) is 2. The summed E-state index contributed by atoms with van der Waals surface area (Å²) in [5, 5.41) is 0. The standard InChI is InChI=1S/C19H17FN2O3S/c1-2-7-22-14-10-15-16(25-9-8-24-15)11-17(14)26-19(22)21-18(23)12-3-5-13(20)6-4-12/h3-6,10-11H,2,7-9H2,1H3. The predicted octanol–water partition coefficient (Wildman–Crippen LogP) is 3.76. The zero-order valence-corrected chi connectivity index (χ0v) is 15.0. The number of amides is 1. The second kappa shape index (κ2) is 6.92. The number of aromatic nitrogens is 1. The van der Waals surface area contributed by atoms with Crippen molar-refractivity contribution in [3.05, 3.63) is 52.6 Å². The van der Waals surface area contributed by atoms with Gasteiger partial charge in [-0.25, -0.2) is 4.39 Å². The molecule has 1 aromatic heterocycles. The van der Waals surface area contributed by atoms with Crippen molar-refractivity contribution in [3.63, 3.8) is 0 Å². The van der Waals surface area contributed by atoms with Crippen LogP contribution in [-0.4, -0.2) is 23.7 Å². The first-order chi connectivity index (χ1) is 12.7. The Balaban J connectivity index is 1.84. The zero-order valence-electron chi connectivity index (χ0n) is 14.2. The molecule has 0 radical (unpaired) electrons. The molecule has 26 heavy (non-hydrogen) atoms. The topological polar surface area (TPSA) is 52.8 Å². The predicted molar refractivity (Wildman–Crippen MR) is 97.4 cm³/mol. The Labute approximate surface area is 153 Å². The summed E-state index contributed by atoms with van der Waals surface area (Å²) in [5.41, 5.74) is 1.32. The Kier molecular flexibility index (Phi) is 4.46. The third kappa shape index (κ3) is 3.10. The summed E-state index contributed by atoms with van der Waals surface area (Å²) < 4.78 is 27.4. The molecular formula is C19H17FN2O3S. The minimum atomic E-state index is -0.390. The lowest BCUT2D eigenvalue weighted by Gasteiger charge is -2.18. The molecule has 0 saturated heterocycles. The van der Waals surface area contributed by atoms with E-state index in [1.165, 1.54) is 35.6 Å². The van der Waals surface area contributed by atoms with Crippen molar-refractivity contribution in [2.75, 3.05) is 13.2 Å². The van der Waals surface area contributed by atoms with Crippen LogP contribution in [0.4, 0.5) is 4.39 Å². The molecule has 1 amide bonds. The fourth-order valence-electron chi connectivity index (χ4n) is 2.88. The maximum absolute atomic E-state index is 13.1. The first-order valence-corrected chi connectivity index (χ1v) is 9.25. The number of hydrogen-bond acceptors (Lipinski definition) is 4. The number of thiazole rings is 1. The molecule has 5 nitrogen and oxygen atoms in total. The lowest BCUT2D eigenvalue weighted by molar-refractivity contribution is 0.0998. The van der Waals surface area contributed by atoms with Crippen LogP contribution in [0.15, 0.2) is 41.4 Å². The number of halogens is 1. The summed E-state index contributed by atoms with van der Waals surface area (Å²) in [5.74, 6) is 0.654. The Hall–Kier alpha value is -2.67. The number of carbonyl (C=O) groups excluding carboxylic acids is 1. The van der Waals surface area contributed by atoms with Gasteiger partial charge < -0.3 is 14.0 Å². The van der Waals surface area contributed by atoms with E-state index in [4.69, 9.17) is 9.47 Å². The third-order valence-electron chi connectivity index (χ3n) is 4.08. The van der Waals surface area contributed by atoms with Crippen LogP contribution in [0.3, 0.4) is 0 Å². The second-order valence-electron chi connectivity index (χ2n) is 5.92. The Morgan fingerprint density at radius 1 is 1.19 bits per heavy atom. The number of fused-ring (bicyclic) bond motifs is 2. The Bertz CT molecular complexity index is 1040. The van der Waals surface area contributed by atoms with Crippen molar-refractivity contribution >= 4 is 27.5 Å². The molecule has 0 N–H and O–H groups in total. The molecule has 1 aliphatic rings. The van der Waals surface area contributed by atoms with Crippen LogP contribution >= 0.6 is 11.3 Å². The summed E-state index contributed by atoms with van der Waals surface area (Å²) >= 11 is 1.43. The molecule has 2 heterocycles. The molecule has 0 atom stereocenters. The number of benzene rings is 2. The van der Waals surface area contributed by atoms with E-state index in [1.54, 1.807) is 0 Å². The SMILES string of the molecule is CCCn1c(=NC(=O)c2ccc(F)cc2)sc2cc3c(cc21)OCCO3. The maximum Gasteiger partial charge on any atom is 0.279 e. The van der Waals surface area contributed by atoms with Crippen molar-refractivity contribution < 1.29 is 18.7 Å². The van der Waals surface area contributed by atoms with Crippen LogP contribution in [0.25, 0.3) is 10.2 Å². The van der Waals surface area contributed by atoms with E-state index in [9.17, 15) is 9.18 Å². The minimum absolute atomic E-state index is 0.359. The van der Waals surface area contributed by atoms with E-state index in [0.717, 1.165) is 23.2 Å². The molecule has 0 bridgehead atoms. The van der Waals surface area contributed by atoms with Crippen LogP contribution in [0, 0.1) is 5.82 Å². The lowest BCUT2D eigenvalue weighted by atomic mass is 10.2. The van der Waals surface area contributed by atoms with Crippen molar-refractivity contribution in [3.8, 4) is 11.5 Å². The van der Waals surface area contributed by atoms with Crippen LogP contribution in [-0.2, 0) is 6.54 Å². The van der Waals surface area contributed by atoms with Crippen LogP contribution in [0.2, 0.25) is 0 Å².